The third kappa shape index (κ3) is 4.59. The first-order chi connectivity index (χ1) is 16.5. The second-order valence-electron chi connectivity index (χ2n) is 9.13. The van der Waals surface area contributed by atoms with E-state index in [2.05, 4.69) is 15.7 Å². The zero-order chi connectivity index (χ0) is 23.7. The minimum atomic E-state index is -0.289. The summed E-state index contributed by atoms with van der Waals surface area (Å²) in [5, 5.41) is 11.7. The highest BCUT2D eigenvalue weighted by Gasteiger charge is 2.32. The molecule has 3 aromatic rings. The number of aromatic nitrogens is 3. The zero-order valence-corrected chi connectivity index (χ0v) is 20.0. The smallest absolute Gasteiger partial charge is 0.261 e. The van der Waals surface area contributed by atoms with Gasteiger partial charge in [-0.15, -0.1) is 0 Å². The fourth-order valence-corrected chi connectivity index (χ4v) is 5.04. The van der Waals surface area contributed by atoms with Crippen molar-refractivity contribution in [1.29, 1.82) is 0 Å². The summed E-state index contributed by atoms with van der Waals surface area (Å²) in [6, 6.07) is 9.33. The molecule has 2 N–H and O–H groups in total. The summed E-state index contributed by atoms with van der Waals surface area (Å²) in [4.78, 5) is 32.2. The molecule has 0 radical (unpaired) electrons. The van der Waals surface area contributed by atoms with Crippen LogP contribution in [0.3, 0.4) is 0 Å². The number of hydrogen-bond donors (Lipinski definition) is 2. The molecule has 1 aliphatic heterocycles. The summed E-state index contributed by atoms with van der Waals surface area (Å²) >= 11 is 5.96. The van der Waals surface area contributed by atoms with Crippen LogP contribution in [0.15, 0.2) is 36.5 Å². The van der Waals surface area contributed by atoms with Crippen molar-refractivity contribution < 1.29 is 9.59 Å². The predicted molar refractivity (Wildman–Crippen MR) is 132 cm³/mol. The molecule has 0 spiro atoms. The van der Waals surface area contributed by atoms with Crippen molar-refractivity contribution in [2.45, 2.75) is 57.4 Å². The van der Waals surface area contributed by atoms with Gasteiger partial charge in [0.15, 0.2) is 5.65 Å². The van der Waals surface area contributed by atoms with Gasteiger partial charge in [-0.1, -0.05) is 30.9 Å². The highest BCUT2D eigenvalue weighted by molar-refractivity contribution is 6.30. The third-order valence-corrected chi connectivity index (χ3v) is 7.06. The largest absolute Gasteiger partial charge is 0.367 e. The van der Waals surface area contributed by atoms with Gasteiger partial charge in [0.05, 0.1) is 11.9 Å². The maximum atomic E-state index is 13.1. The molecule has 2 aliphatic rings. The maximum absolute atomic E-state index is 13.1. The highest BCUT2D eigenvalue weighted by atomic mass is 35.5. The Hall–Kier alpha value is -3.13. The molecule has 1 saturated carbocycles. The molecule has 1 unspecified atom stereocenters. The van der Waals surface area contributed by atoms with E-state index in [1.54, 1.807) is 35.0 Å². The molecular weight excluding hydrogens is 452 g/mol. The van der Waals surface area contributed by atoms with Crippen LogP contribution in [0, 0.1) is 0 Å². The van der Waals surface area contributed by atoms with Gasteiger partial charge in [-0.3, -0.25) is 9.59 Å². The fraction of sp³-hybridized carbons (Fsp3) is 0.440. The normalized spacial score (nSPS) is 19.1. The Labute approximate surface area is 203 Å². The third-order valence-electron chi connectivity index (χ3n) is 6.81. The molecule has 3 heterocycles. The number of benzene rings is 1. The van der Waals surface area contributed by atoms with Gasteiger partial charge in [0.25, 0.3) is 5.91 Å². The number of carbonyl (C=O) groups is 2. The first-order valence-corrected chi connectivity index (χ1v) is 12.4. The van der Waals surface area contributed by atoms with Gasteiger partial charge in [0.1, 0.15) is 11.4 Å². The van der Waals surface area contributed by atoms with Gasteiger partial charge in [-0.2, -0.15) is 9.61 Å². The Bertz CT molecular complexity index is 1200. The molecule has 8 nitrogen and oxygen atoms in total. The molecule has 9 heteroatoms. The van der Waals surface area contributed by atoms with E-state index in [1.165, 1.54) is 19.3 Å². The minimum absolute atomic E-state index is 0.00793. The Morgan fingerprint density at radius 3 is 2.65 bits per heavy atom. The lowest BCUT2D eigenvalue weighted by Crippen LogP contribution is -2.25. The number of amides is 2. The number of likely N-dealkylation sites (tertiary alicyclic amines) is 1. The molecule has 1 atom stereocenters. The molecule has 1 saturated heterocycles. The summed E-state index contributed by atoms with van der Waals surface area (Å²) in [6.45, 7) is 3.32. The van der Waals surface area contributed by atoms with E-state index in [9.17, 15) is 9.59 Å². The van der Waals surface area contributed by atoms with E-state index in [0.717, 1.165) is 24.4 Å². The molecule has 2 amide bonds. The van der Waals surface area contributed by atoms with Gasteiger partial charge in [-0.05, 0) is 44.0 Å². The SMILES string of the molecule is CCN1CC(c2cc(NC3CCCCC3)n3ncc(C(=O)Nc4ccc(Cl)cc4)c3n2)CC1=O. The topological polar surface area (TPSA) is 91.6 Å². The van der Waals surface area contributed by atoms with Crippen molar-refractivity contribution in [2.24, 2.45) is 0 Å². The van der Waals surface area contributed by atoms with Gasteiger partial charge >= 0.3 is 0 Å². The summed E-state index contributed by atoms with van der Waals surface area (Å²) in [7, 11) is 0. The molecule has 2 aromatic heterocycles. The summed E-state index contributed by atoms with van der Waals surface area (Å²) < 4.78 is 1.71. The van der Waals surface area contributed by atoms with Crippen molar-refractivity contribution in [2.75, 3.05) is 23.7 Å². The van der Waals surface area contributed by atoms with E-state index in [0.29, 0.717) is 47.5 Å². The number of fused-ring (bicyclic) bond motifs is 1. The number of hydrogen-bond acceptors (Lipinski definition) is 5. The lowest BCUT2D eigenvalue weighted by molar-refractivity contribution is -0.127. The van der Waals surface area contributed by atoms with Crippen LogP contribution in [-0.2, 0) is 4.79 Å². The van der Waals surface area contributed by atoms with Crippen LogP contribution in [-0.4, -0.2) is 50.4 Å². The minimum Gasteiger partial charge on any atom is -0.367 e. The number of likely N-dealkylation sites (N-methyl/N-ethyl adjacent to an activating group) is 1. The van der Waals surface area contributed by atoms with Gasteiger partial charge in [-0.25, -0.2) is 4.98 Å². The van der Waals surface area contributed by atoms with Crippen molar-refractivity contribution in [1.82, 2.24) is 19.5 Å². The van der Waals surface area contributed by atoms with Crippen molar-refractivity contribution in [3.63, 3.8) is 0 Å². The van der Waals surface area contributed by atoms with Crippen LogP contribution in [0.5, 0.6) is 0 Å². The first-order valence-electron chi connectivity index (χ1n) is 12.0. The number of halogens is 1. The number of anilines is 2. The highest BCUT2D eigenvalue weighted by Crippen LogP contribution is 2.31. The van der Waals surface area contributed by atoms with E-state index in [-0.39, 0.29) is 17.7 Å². The van der Waals surface area contributed by atoms with Gasteiger partial charge in [0.2, 0.25) is 5.91 Å². The molecule has 1 aromatic carbocycles. The van der Waals surface area contributed by atoms with Gasteiger partial charge < -0.3 is 15.5 Å². The lowest BCUT2D eigenvalue weighted by Gasteiger charge is -2.24. The zero-order valence-electron chi connectivity index (χ0n) is 19.3. The van der Waals surface area contributed by atoms with Crippen LogP contribution in [0.4, 0.5) is 11.5 Å². The molecule has 2 fully saturated rings. The van der Waals surface area contributed by atoms with Crippen molar-refractivity contribution in [3.8, 4) is 0 Å². The Morgan fingerprint density at radius 2 is 1.94 bits per heavy atom. The number of carbonyl (C=O) groups excluding carboxylic acids is 2. The van der Waals surface area contributed by atoms with Crippen LogP contribution in [0.25, 0.3) is 5.65 Å². The Kier molecular flexibility index (Phi) is 6.41. The Balaban J connectivity index is 1.50. The monoisotopic (exact) mass is 480 g/mol. The molecule has 0 bridgehead atoms. The van der Waals surface area contributed by atoms with E-state index in [1.807, 2.05) is 17.9 Å². The molecule has 1 aliphatic carbocycles. The molecular formula is C25H29ClN6O2. The summed E-state index contributed by atoms with van der Waals surface area (Å²) in [6.07, 6.45) is 7.88. The standard InChI is InChI=1S/C25H29ClN6O2/c1-2-31-15-16(12-23(31)33)21-13-22(28-18-6-4-3-5-7-18)32-24(30-21)20(14-27-32)25(34)29-19-10-8-17(26)9-11-19/h8-11,13-14,16,18,28H,2-7,12,15H2,1H3,(H,29,34). The second-order valence-corrected chi connectivity index (χ2v) is 9.57. The second kappa shape index (κ2) is 9.62. The fourth-order valence-electron chi connectivity index (χ4n) is 4.92. The average Bonchev–Trinajstić information content (AvgIpc) is 3.44. The van der Waals surface area contributed by atoms with Crippen LogP contribution < -0.4 is 10.6 Å². The van der Waals surface area contributed by atoms with E-state index < -0.39 is 0 Å². The molecule has 5 rings (SSSR count). The number of rotatable bonds is 6. The van der Waals surface area contributed by atoms with Crippen LogP contribution in [0.1, 0.15) is 67.4 Å². The number of nitrogens with zero attached hydrogens (tertiary/aromatic N) is 4. The lowest BCUT2D eigenvalue weighted by atomic mass is 9.95. The number of nitrogens with one attached hydrogen (secondary N) is 2. The van der Waals surface area contributed by atoms with Crippen molar-refractivity contribution in [3.05, 3.63) is 52.8 Å². The van der Waals surface area contributed by atoms with Crippen LogP contribution in [0.2, 0.25) is 5.02 Å². The summed E-state index contributed by atoms with van der Waals surface area (Å²) in [5.74, 6) is 0.666. The average molecular weight is 481 g/mol. The summed E-state index contributed by atoms with van der Waals surface area (Å²) in [5.41, 5.74) is 2.34. The predicted octanol–water partition coefficient (Wildman–Crippen LogP) is 4.72. The Morgan fingerprint density at radius 1 is 1.18 bits per heavy atom. The van der Waals surface area contributed by atoms with Crippen LogP contribution >= 0.6 is 11.6 Å². The van der Waals surface area contributed by atoms with E-state index in [4.69, 9.17) is 16.6 Å². The van der Waals surface area contributed by atoms with E-state index >= 15 is 0 Å². The first kappa shape index (κ1) is 22.7. The van der Waals surface area contributed by atoms with Gasteiger partial charge in [0, 0.05) is 48.2 Å². The molecule has 34 heavy (non-hydrogen) atoms. The van der Waals surface area contributed by atoms with Crippen molar-refractivity contribution >= 4 is 40.6 Å². The maximum Gasteiger partial charge on any atom is 0.261 e. The quantitative estimate of drug-likeness (QED) is 0.532. The molecule has 178 valence electrons.